The highest BCUT2D eigenvalue weighted by Crippen LogP contribution is 2.29. The molecule has 0 saturated heterocycles. The normalized spacial score (nSPS) is 10.6. The second-order valence-corrected chi connectivity index (χ2v) is 6.43. The van der Waals surface area contributed by atoms with E-state index < -0.39 is 0 Å². The molecule has 0 saturated carbocycles. The number of carbonyl (C=O) groups excluding carboxylic acids is 1. The molecule has 0 unspecified atom stereocenters. The number of halogens is 1. The fraction of sp³-hybridized carbons (Fsp3) is 0.176. The van der Waals surface area contributed by atoms with E-state index in [0.29, 0.717) is 28.4 Å². The van der Waals surface area contributed by atoms with E-state index in [-0.39, 0.29) is 11.7 Å². The van der Waals surface area contributed by atoms with Crippen LogP contribution < -0.4 is 5.32 Å². The number of anilines is 1. The highest BCUT2D eigenvalue weighted by Gasteiger charge is 2.16. The third kappa shape index (κ3) is 4.18. The smallest absolute Gasteiger partial charge is 0.236 e. The number of amides is 1. The number of hydrogen-bond donors (Lipinski definition) is 1. The Kier molecular flexibility index (Phi) is 5.67. The van der Waals surface area contributed by atoms with Crippen molar-refractivity contribution in [1.82, 2.24) is 19.7 Å². The molecule has 1 aromatic carbocycles. The summed E-state index contributed by atoms with van der Waals surface area (Å²) in [5, 5.41) is 12.5. The molecule has 2 heterocycles. The Morgan fingerprint density at radius 2 is 2.00 bits per heavy atom. The third-order valence-corrected chi connectivity index (χ3v) is 4.71. The molecule has 6 nitrogen and oxygen atoms in total. The minimum Gasteiger partial charge on any atom is -0.310 e. The van der Waals surface area contributed by atoms with Gasteiger partial charge in [-0.15, -0.1) is 10.2 Å². The predicted octanol–water partition coefficient (Wildman–Crippen LogP) is 3.74. The third-order valence-electron chi connectivity index (χ3n) is 3.41. The summed E-state index contributed by atoms with van der Waals surface area (Å²) in [6.07, 6.45) is 1.63. The maximum atomic E-state index is 12.1. The number of carbonyl (C=O) groups is 1. The molecule has 0 aliphatic heterocycles. The first kappa shape index (κ1) is 17.4. The van der Waals surface area contributed by atoms with Gasteiger partial charge in [-0.1, -0.05) is 41.6 Å². The Balaban J connectivity index is 1.71. The number of benzene rings is 1. The van der Waals surface area contributed by atoms with Crippen LogP contribution in [-0.4, -0.2) is 31.4 Å². The molecule has 25 heavy (non-hydrogen) atoms. The van der Waals surface area contributed by atoms with Crippen LogP contribution in [-0.2, 0) is 11.3 Å². The number of hydrogen-bond acceptors (Lipinski definition) is 5. The minimum atomic E-state index is -0.145. The molecule has 0 atom stereocenters. The Bertz CT molecular complexity index is 868. The molecule has 0 radical (unpaired) electrons. The van der Waals surface area contributed by atoms with E-state index in [1.807, 2.05) is 41.8 Å². The summed E-state index contributed by atoms with van der Waals surface area (Å²) in [5.74, 6) is 1.30. The molecule has 0 fully saturated rings. The Morgan fingerprint density at radius 1 is 1.20 bits per heavy atom. The lowest BCUT2D eigenvalue weighted by Gasteiger charge is -2.08. The van der Waals surface area contributed by atoms with Crippen molar-refractivity contribution < 1.29 is 4.79 Å². The Morgan fingerprint density at radius 3 is 2.72 bits per heavy atom. The average Bonchev–Trinajstić information content (AvgIpc) is 3.04. The number of nitrogens with one attached hydrogen (secondary N) is 1. The number of rotatable bonds is 6. The van der Waals surface area contributed by atoms with Crippen molar-refractivity contribution in [3.8, 4) is 11.4 Å². The molecule has 0 aliphatic rings. The van der Waals surface area contributed by atoms with Crippen molar-refractivity contribution in [2.24, 2.45) is 0 Å². The summed E-state index contributed by atoms with van der Waals surface area (Å²) < 4.78 is 1.94. The Labute approximate surface area is 154 Å². The van der Waals surface area contributed by atoms with Crippen LogP contribution >= 0.6 is 23.4 Å². The van der Waals surface area contributed by atoms with Crippen LogP contribution in [0.1, 0.15) is 6.92 Å². The molecule has 1 amide bonds. The zero-order valence-electron chi connectivity index (χ0n) is 13.5. The molecule has 0 spiro atoms. The van der Waals surface area contributed by atoms with E-state index in [2.05, 4.69) is 20.5 Å². The quantitative estimate of drug-likeness (QED) is 0.666. The zero-order valence-corrected chi connectivity index (χ0v) is 15.1. The van der Waals surface area contributed by atoms with Crippen LogP contribution in [0.15, 0.2) is 53.8 Å². The molecule has 1 N–H and O–H groups in total. The van der Waals surface area contributed by atoms with Gasteiger partial charge in [-0.05, 0) is 31.2 Å². The van der Waals surface area contributed by atoms with Gasteiger partial charge in [-0.2, -0.15) is 0 Å². The Hall–Kier alpha value is -2.38. The van der Waals surface area contributed by atoms with Gasteiger partial charge in [0.25, 0.3) is 0 Å². The first-order valence-corrected chi connectivity index (χ1v) is 9.07. The molecule has 0 bridgehead atoms. The predicted molar refractivity (Wildman–Crippen MR) is 99.7 cm³/mol. The molecule has 2 aromatic heterocycles. The van der Waals surface area contributed by atoms with E-state index >= 15 is 0 Å². The molecule has 128 valence electrons. The lowest BCUT2D eigenvalue weighted by atomic mass is 10.2. The minimum absolute atomic E-state index is 0.145. The summed E-state index contributed by atoms with van der Waals surface area (Å²) >= 11 is 7.58. The monoisotopic (exact) mass is 373 g/mol. The van der Waals surface area contributed by atoms with E-state index in [9.17, 15) is 4.79 Å². The largest absolute Gasteiger partial charge is 0.310 e. The van der Waals surface area contributed by atoms with Crippen molar-refractivity contribution in [1.29, 1.82) is 0 Å². The van der Waals surface area contributed by atoms with Crippen LogP contribution in [0.2, 0.25) is 5.02 Å². The SMILES string of the molecule is CCn1c(SCC(=O)Nc2ccccn2)nnc1-c1ccccc1Cl. The fourth-order valence-corrected chi connectivity index (χ4v) is 3.29. The molecule has 3 aromatic rings. The van der Waals surface area contributed by atoms with Gasteiger partial charge < -0.3 is 9.88 Å². The maximum absolute atomic E-state index is 12.1. The summed E-state index contributed by atoms with van der Waals surface area (Å²) in [5.41, 5.74) is 0.823. The second kappa shape index (κ2) is 8.13. The van der Waals surface area contributed by atoms with Crippen molar-refractivity contribution in [2.75, 3.05) is 11.1 Å². The van der Waals surface area contributed by atoms with Crippen LogP contribution in [0.4, 0.5) is 5.82 Å². The highest BCUT2D eigenvalue weighted by atomic mass is 35.5. The molecule has 8 heteroatoms. The summed E-state index contributed by atoms with van der Waals surface area (Å²) in [6, 6.07) is 12.9. The van der Waals surface area contributed by atoms with Crippen LogP contribution in [0.3, 0.4) is 0 Å². The topological polar surface area (TPSA) is 72.7 Å². The van der Waals surface area contributed by atoms with Gasteiger partial charge in [-0.25, -0.2) is 4.98 Å². The molecular weight excluding hydrogens is 358 g/mol. The van der Waals surface area contributed by atoms with Gasteiger partial charge in [0.2, 0.25) is 5.91 Å². The summed E-state index contributed by atoms with van der Waals surface area (Å²) in [4.78, 5) is 16.1. The van der Waals surface area contributed by atoms with Gasteiger partial charge in [0.1, 0.15) is 5.82 Å². The van der Waals surface area contributed by atoms with E-state index in [0.717, 1.165) is 5.56 Å². The zero-order chi connectivity index (χ0) is 17.6. The maximum Gasteiger partial charge on any atom is 0.236 e. The lowest BCUT2D eigenvalue weighted by Crippen LogP contribution is -2.15. The van der Waals surface area contributed by atoms with Crippen molar-refractivity contribution >= 4 is 35.1 Å². The summed E-state index contributed by atoms with van der Waals surface area (Å²) in [7, 11) is 0. The number of nitrogens with zero attached hydrogens (tertiary/aromatic N) is 4. The fourth-order valence-electron chi connectivity index (χ4n) is 2.27. The summed E-state index contributed by atoms with van der Waals surface area (Å²) in [6.45, 7) is 2.68. The van der Waals surface area contributed by atoms with E-state index in [1.165, 1.54) is 11.8 Å². The number of thioether (sulfide) groups is 1. The number of pyridine rings is 1. The highest BCUT2D eigenvalue weighted by molar-refractivity contribution is 7.99. The van der Waals surface area contributed by atoms with Gasteiger partial charge in [0, 0.05) is 18.3 Å². The first-order valence-electron chi connectivity index (χ1n) is 7.71. The average molecular weight is 374 g/mol. The second-order valence-electron chi connectivity index (χ2n) is 5.08. The molecule has 3 rings (SSSR count). The van der Waals surface area contributed by atoms with Gasteiger partial charge >= 0.3 is 0 Å². The van der Waals surface area contributed by atoms with E-state index in [4.69, 9.17) is 11.6 Å². The first-order chi connectivity index (χ1) is 12.2. The lowest BCUT2D eigenvalue weighted by molar-refractivity contribution is -0.113. The van der Waals surface area contributed by atoms with Crippen molar-refractivity contribution in [3.63, 3.8) is 0 Å². The van der Waals surface area contributed by atoms with Crippen LogP contribution in [0, 0.1) is 0 Å². The van der Waals surface area contributed by atoms with E-state index in [1.54, 1.807) is 18.3 Å². The van der Waals surface area contributed by atoms with Crippen LogP contribution in [0.25, 0.3) is 11.4 Å². The number of aromatic nitrogens is 4. The van der Waals surface area contributed by atoms with Crippen molar-refractivity contribution in [2.45, 2.75) is 18.6 Å². The molecule has 0 aliphatic carbocycles. The molecular formula is C17H16ClN5OS. The van der Waals surface area contributed by atoms with Gasteiger partial charge in [0.15, 0.2) is 11.0 Å². The van der Waals surface area contributed by atoms with Crippen LogP contribution in [0.5, 0.6) is 0 Å². The van der Waals surface area contributed by atoms with Gasteiger partial charge in [0.05, 0.1) is 10.8 Å². The van der Waals surface area contributed by atoms with Gasteiger partial charge in [-0.3, -0.25) is 4.79 Å². The standard InChI is InChI=1S/C17H16ClN5OS/c1-2-23-16(12-7-3-4-8-13(12)18)21-22-17(23)25-11-15(24)20-14-9-5-6-10-19-14/h3-10H,2,11H2,1H3,(H,19,20,24). The van der Waals surface area contributed by atoms with Crippen molar-refractivity contribution in [3.05, 3.63) is 53.7 Å².